The van der Waals surface area contributed by atoms with Crippen LogP contribution in [0.15, 0.2) is 0 Å². The van der Waals surface area contributed by atoms with Crippen LogP contribution in [-0.4, -0.2) is 22.8 Å². The zero-order valence-electron chi connectivity index (χ0n) is 13.2. The smallest absolute Gasteiger partial charge is 0.178 e. The lowest BCUT2D eigenvalue weighted by Crippen LogP contribution is -2.26. The summed E-state index contributed by atoms with van der Waals surface area (Å²) in [4.78, 5) is 11.9. The van der Waals surface area contributed by atoms with Crippen LogP contribution in [0.4, 0.5) is 0 Å². The number of Topliss-reactive ketones (excluding diaryl/α,β-unsaturated/α-hetero) is 1. The van der Waals surface area contributed by atoms with Crippen molar-refractivity contribution < 1.29 is 9.53 Å². The number of rotatable bonds is 8. The van der Waals surface area contributed by atoms with E-state index < -0.39 is 4.33 Å². The summed E-state index contributed by atoms with van der Waals surface area (Å²) < 4.78 is 4.60. The van der Waals surface area contributed by atoms with Gasteiger partial charge in [0.1, 0.15) is 0 Å². The Morgan fingerprint density at radius 2 is 2.05 bits per heavy atom. The molecule has 122 valence electrons. The number of unbranched alkanes of at least 4 members (excludes halogenated alkanes) is 1. The quantitative estimate of drug-likeness (QED) is 0.453. The highest BCUT2D eigenvalue weighted by Gasteiger charge is 2.57. The molecule has 21 heavy (non-hydrogen) atoms. The van der Waals surface area contributed by atoms with Gasteiger partial charge in [-0.2, -0.15) is 0 Å². The lowest BCUT2D eigenvalue weighted by atomic mass is 9.87. The molecule has 0 heterocycles. The van der Waals surface area contributed by atoms with Gasteiger partial charge in [0.15, 0.2) is 10.1 Å². The third-order valence-corrected chi connectivity index (χ3v) is 6.42. The minimum Gasteiger partial charge on any atom is -0.379 e. The van der Waals surface area contributed by atoms with E-state index in [0.717, 1.165) is 25.9 Å². The molecule has 2 aliphatic carbocycles. The van der Waals surface area contributed by atoms with E-state index >= 15 is 0 Å². The number of ether oxygens (including phenoxy) is 1. The molecule has 4 heteroatoms. The largest absolute Gasteiger partial charge is 0.379 e. The van der Waals surface area contributed by atoms with E-state index in [4.69, 9.17) is 27.9 Å². The Hall–Kier alpha value is 0.210. The number of carbonyl (C=O) groups excluding carboxylic acids is 1. The molecule has 0 aromatic heterocycles. The van der Waals surface area contributed by atoms with Crippen molar-refractivity contribution in [3.63, 3.8) is 0 Å². The van der Waals surface area contributed by atoms with E-state index in [1.165, 1.54) is 25.7 Å². The van der Waals surface area contributed by atoms with Crippen molar-refractivity contribution in [2.45, 2.75) is 75.7 Å². The second-order valence-corrected chi connectivity index (χ2v) is 8.01. The van der Waals surface area contributed by atoms with E-state index in [0.29, 0.717) is 24.4 Å². The molecule has 2 aliphatic rings. The number of alkyl halides is 2. The van der Waals surface area contributed by atoms with Crippen LogP contribution in [0, 0.1) is 17.8 Å². The van der Waals surface area contributed by atoms with E-state index in [1.807, 2.05) is 0 Å². The second kappa shape index (κ2) is 7.66. The molecule has 0 radical (unpaired) electrons. The average molecular weight is 335 g/mol. The fraction of sp³-hybridized carbons (Fsp3) is 0.941. The summed E-state index contributed by atoms with van der Waals surface area (Å²) >= 11 is 12.5. The van der Waals surface area contributed by atoms with Gasteiger partial charge in [-0.05, 0) is 44.4 Å². The summed E-state index contributed by atoms with van der Waals surface area (Å²) in [6.07, 6.45) is 9.11. The van der Waals surface area contributed by atoms with Gasteiger partial charge in [0, 0.05) is 18.9 Å². The van der Waals surface area contributed by atoms with Gasteiger partial charge in [-0.15, -0.1) is 0 Å². The molecular formula is C17H28Cl2O2. The fourth-order valence-corrected chi connectivity index (χ4v) is 4.94. The fourth-order valence-electron chi connectivity index (χ4n) is 4.24. The highest BCUT2D eigenvalue weighted by Crippen LogP contribution is 2.56. The summed E-state index contributed by atoms with van der Waals surface area (Å²) in [5, 5.41) is 0. The molecule has 0 saturated heterocycles. The molecule has 4 unspecified atom stereocenters. The van der Waals surface area contributed by atoms with Crippen LogP contribution in [0.2, 0.25) is 0 Å². The summed E-state index contributed by atoms with van der Waals surface area (Å²) in [6, 6.07) is 0. The monoisotopic (exact) mass is 334 g/mol. The van der Waals surface area contributed by atoms with Crippen LogP contribution in [0.1, 0.15) is 65.2 Å². The van der Waals surface area contributed by atoms with Crippen LogP contribution in [0.5, 0.6) is 0 Å². The minimum atomic E-state index is -1.10. The Morgan fingerprint density at radius 1 is 1.29 bits per heavy atom. The summed E-state index contributed by atoms with van der Waals surface area (Å²) in [5.74, 6) is 1.32. The zero-order valence-corrected chi connectivity index (χ0v) is 14.8. The normalized spacial score (nSPS) is 32.4. The summed E-state index contributed by atoms with van der Waals surface area (Å²) in [5.41, 5.74) is 0. The van der Waals surface area contributed by atoms with Crippen LogP contribution in [0.3, 0.4) is 0 Å². The van der Waals surface area contributed by atoms with Crippen molar-refractivity contribution in [1.29, 1.82) is 0 Å². The van der Waals surface area contributed by atoms with Crippen molar-refractivity contribution in [2.75, 3.05) is 6.61 Å². The first-order valence-electron chi connectivity index (χ1n) is 8.53. The Morgan fingerprint density at radius 3 is 2.71 bits per heavy atom. The first kappa shape index (κ1) is 17.6. The maximum absolute atomic E-state index is 11.9. The molecule has 2 saturated carbocycles. The topological polar surface area (TPSA) is 26.3 Å². The van der Waals surface area contributed by atoms with Crippen molar-refractivity contribution in [2.24, 2.45) is 17.8 Å². The number of halogens is 2. The molecule has 4 atom stereocenters. The van der Waals surface area contributed by atoms with E-state index in [2.05, 4.69) is 13.8 Å². The maximum atomic E-state index is 11.9. The Kier molecular flexibility index (Phi) is 6.40. The molecule has 2 fully saturated rings. The first-order valence-corrected chi connectivity index (χ1v) is 9.28. The predicted octanol–water partition coefficient (Wildman–Crippen LogP) is 5.15. The molecule has 0 N–H and O–H groups in total. The van der Waals surface area contributed by atoms with Crippen LogP contribution < -0.4 is 0 Å². The number of fused-ring (bicyclic) bond motifs is 1. The summed E-state index contributed by atoms with van der Waals surface area (Å²) in [6.45, 7) is 5.05. The molecular weight excluding hydrogens is 307 g/mol. The standard InChI is InChI=1S/C17H28Cl2O2/c1-3-13(21-4-2)8-6-5-7-12-9-10-15-14(12)11-16(20)17(15,18)19/h12-15H,3-11H2,1-2H3. The van der Waals surface area contributed by atoms with Crippen molar-refractivity contribution in [1.82, 2.24) is 0 Å². The number of carbonyl (C=O) groups is 1. The molecule has 2 nitrogen and oxygen atoms in total. The van der Waals surface area contributed by atoms with Gasteiger partial charge in [0.05, 0.1) is 6.10 Å². The third kappa shape index (κ3) is 3.95. The highest BCUT2D eigenvalue weighted by atomic mass is 35.5. The SMILES string of the molecule is CCOC(CC)CCCCC1CCC2C1CC(=O)C2(Cl)Cl. The maximum Gasteiger partial charge on any atom is 0.178 e. The van der Waals surface area contributed by atoms with Gasteiger partial charge < -0.3 is 4.74 Å². The van der Waals surface area contributed by atoms with Gasteiger partial charge >= 0.3 is 0 Å². The molecule has 0 aromatic rings. The van der Waals surface area contributed by atoms with E-state index in [1.54, 1.807) is 0 Å². The lowest BCUT2D eigenvalue weighted by molar-refractivity contribution is -0.118. The van der Waals surface area contributed by atoms with Gasteiger partial charge in [-0.3, -0.25) is 4.79 Å². The first-order chi connectivity index (χ1) is 10.0. The van der Waals surface area contributed by atoms with Gasteiger partial charge in [-0.1, -0.05) is 49.4 Å². The molecule has 0 spiro atoms. The lowest BCUT2D eigenvalue weighted by Gasteiger charge is -2.21. The van der Waals surface area contributed by atoms with Gasteiger partial charge in [0.25, 0.3) is 0 Å². The molecule has 2 rings (SSSR count). The second-order valence-electron chi connectivity index (χ2n) is 6.63. The van der Waals surface area contributed by atoms with Crippen LogP contribution in [0.25, 0.3) is 0 Å². The van der Waals surface area contributed by atoms with E-state index in [-0.39, 0.29) is 11.7 Å². The molecule has 0 aromatic carbocycles. The van der Waals surface area contributed by atoms with Crippen molar-refractivity contribution in [3.05, 3.63) is 0 Å². The van der Waals surface area contributed by atoms with E-state index in [9.17, 15) is 4.79 Å². The van der Waals surface area contributed by atoms with Crippen molar-refractivity contribution in [3.8, 4) is 0 Å². The molecule has 0 amide bonds. The Bertz CT molecular complexity index is 357. The zero-order chi connectivity index (χ0) is 15.5. The minimum absolute atomic E-state index is 0.0490. The predicted molar refractivity (Wildman–Crippen MR) is 87.9 cm³/mol. The van der Waals surface area contributed by atoms with Gasteiger partial charge in [-0.25, -0.2) is 0 Å². The van der Waals surface area contributed by atoms with Crippen LogP contribution >= 0.6 is 23.2 Å². The highest BCUT2D eigenvalue weighted by molar-refractivity contribution is 6.59. The Labute approximate surface area is 138 Å². The summed E-state index contributed by atoms with van der Waals surface area (Å²) in [7, 11) is 0. The average Bonchev–Trinajstić information content (AvgIpc) is 2.94. The van der Waals surface area contributed by atoms with Crippen LogP contribution in [-0.2, 0) is 9.53 Å². The Balaban J connectivity index is 1.72. The molecule has 0 bridgehead atoms. The number of hydrogen-bond donors (Lipinski definition) is 0. The third-order valence-electron chi connectivity index (χ3n) is 5.44. The number of hydrogen-bond acceptors (Lipinski definition) is 2. The van der Waals surface area contributed by atoms with Gasteiger partial charge in [0.2, 0.25) is 0 Å². The molecule has 0 aliphatic heterocycles. The van der Waals surface area contributed by atoms with Crippen molar-refractivity contribution >= 4 is 29.0 Å². The number of ketones is 1.